The summed E-state index contributed by atoms with van der Waals surface area (Å²) >= 11 is 2.80. The van der Waals surface area contributed by atoms with E-state index in [1.165, 1.54) is 35.8 Å². The number of amides is 1. The minimum Gasteiger partial charge on any atom is -0.465 e. The number of benzene rings is 1. The number of hydrogen-bond acceptors (Lipinski definition) is 6. The molecule has 0 fully saturated rings. The van der Waals surface area contributed by atoms with Crippen molar-refractivity contribution < 1.29 is 14.3 Å². The summed E-state index contributed by atoms with van der Waals surface area (Å²) in [5, 5.41) is 5.00. The van der Waals surface area contributed by atoms with Crippen LogP contribution >= 0.6 is 23.1 Å². The van der Waals surface area contributed by atoms with Gasteiger partial charge in [0, 0.05) is 10.3 Å². The van der Waals surface area contributed by atoms with Gasteiger partial charge >= 0.3 is 5.97 Å². The van der Waals surface area contributed by atoms with Gasteiger partial charge in [0.1, 0.15) is 5.00 Å². The number of methoxy groups -OCH3 is 1. The van der Waals surface area contributed by atoms with E-state index in [0.717, 1.165) is 37.5 Å². The van der Waals surface area contributed by atoms with Gasteiger partial charge in [-0.2, -0.15) is 0 Å². The molecule has 1 aromatic carbocycles. The number of fused-ring (bicyclic) bond motifs is 1. The van der Waals surface area contributed by atoms with Crippen LogP contribution in [0.3, 0.4) is 0 Å². The van der Waals surface area contributed by atoms with Gasteiger partial charge in [0.05, 0.1) is 28.5 Å². The SMILES string of the molecule is COC(=O)c1c(NC(=O)C(C)Sc2cc(C)c3cc(C)cc(C)c3n2)sc(C)c1C. The predicted octanol–water partition coefficient (Wildman–Crippen LogP) is 5.74. The fourth-order valence-corrected chi connectivity index (χ4v) is 5.35. The Morgan fingerprint density at radius 3 is 2.47 bits per heavy atom. The van der Waals surface area contributed by atoms with Gasteiger partial charge in [0.2, 0.25) is 5.91 Å². The molecule has 0 saturated carbocycles. The van der Waals surface area contributed by atoms with Crippen molar-refractivity contribution in [3.63, 3.8) is 0 Å². The number of esters is 1. The Balaban J connectivity index is 1.83. The van der Waals surface area contributed by atoms with Crippen LogP contribution in [-0.4, -0.2) is 29.2 Å². The monoisotopic (exact) mass is 442 g/mol. The Bertz CT molecular complexity index is 1150. The van der Waals surface area contributed by atoms with Crippen LogP contribution in [0.4, 0.5) is 5.00 Å². The van der Waals surface area contributed by atoms with Gasteiger partial charge in [-0.25, -0.2) is 9.78 Å². The van der Waals surface area contributed by atoms with E-state index in [1.54, 1.807) is 0 Å². The molecule has 1 N–H and O–H groups in total. The maximum Gasteiger partial charge on any atom is 0.341 e. The van der Waals surface area contributed by atoms with E-state index < -0.39 is 5.97 Å². The van der Waals surface area contributed by atoms with Gasteiger partial charge in [-0.1, -0.05) is 23.4 Å². The van der Waals surface area contributed by atoms with Crippen molar-refractivity contribution in [3.05, 3.63) is 50.9 Å². The Hall–Kier alpha value is -2.38. The highest BCUT2D eigenvalue weighted by Gasteiger charge is 2.24. The number of rotatable bonds is 5. The molecule has 7 heteroatoms. The lowest BCUT2D eigenvalue weighted by atomic mass is 10.0. The van der Waals surface area contributed by atoms with E-state index in [2.05, 4.69) is 38.2 Å². The molecule has 3 rings (SSSR count). The molecule has 5 nitrogen and oxygen atoms in total. The Morgan fingerprint density at radius 2 is 1.80 bits per heavy atom. The number of nitrogens with zero attached hydrogens (tertiary/aromatic N) is 1. The zero-order valence-electron chi connectivity index (χ0n) is 18.3. The van der Waals surface area contributed by atoms with Crippen molar-refractivity contribution in [3.8, 4) is 0 Å². The highest BCUT2D eigenvalue weighted by molar-refractivity contribution is 8.00. The molecule has 3 aromatic rings. The van der Waals surface area contributed by atoms with E-state index in [4.69, 9.17) is 9.72 Å². The van der Waals surface area contributed by atoms with Crippen LogP contribution in [0.15, 0.2) is 23.2 Å². The lowest BCUT2D eigenvalue weighted by Crippen LogP contribution is -2.23. The van der Waals surface area contributed by atoms with Crippen LogP contribution in [0, 0.1) is 34.6 Å². The molecule has 1 atom stereocenters. The molecule has 0 aliphatic carbocycles. The Morgan fingerprint density at radius 1 is 1.10 bits per heavy atom. The second-order valence-corrected chi connectivity index (χ2v) is 10.1. The van der Waals surface area contributed by atoms with Crippen molar-refractivity contribution in [2.45, 2.75) is 51.8 Å². The van der Waals surface area contributed by atoms with Crippen LogP contribution < -0.4 is 5.32 Å². The summed E-state index contributed by atoms with van der Waals surface area (Å²) in [5.41, 5.74) is 5.70. The zero-order chi connectivity index (χ0) is 22.2. The van der Waals surface area contributed by atoms with Crippen LogP contribution in [-0.2, 0) is 9.53 Å². The average Bonchev–Trinajstić information content (AvgIpc) is 2.95. The number of thioether (sulfide) groups is 1. The van der Waals surface area contributed by atoms with Crippen molar-refractivity contribution in [1.29, 1.82) is 0 Å². The van der Waals surface area contributed by atoms with Crippen molar-refractivity contribution in [2.75, 3.05) is 12.4 Å². The molecule has 0 radical (unpaired) electrons. The number of carbonyl (C=O) groups excluding carboxylic acids is 2. The lowest BCUT2D eigenvalue weighted by Gasteiger charge is -2.14. The standard InChI is InChI=1S/C23H26N2O3S2/c1-11-8-13(3)20-17(9-11)12(2)10-18(24-20)29-16(6)21(26)25-22-19(23(27)28-7)14(4)15(5)30-22/h8-10,16H,1-7H3,(H,25,26). The number of thiophene rings is 1. The maximum absolute atomic E-state index is 12.9. The van der Waals surface area contributed by atoms with Gasteiger partial charge in [0.25, 0.3) is 0 Å². The summed E-state index contributed by atoms with van der Waals surface area (Å²) in [6.45, 7) is 11.8. The topological polar surface area (TPSA) is 68.3 Å². The number of nitrogens with one attached hydrogen (secondary N) is 1. The van der Waals surface area contributed by atoms with Gasteiger partial charge in [-0.3, -0.25) is 4.79 Å². The van der Waals surface area contributed by atoms with Crippen molar-refractivity contribution in [2.24, 2.45) is 0 Å². The molecule has 2 aromatic heterocycles. The normalized spacial score (nSPS) is 12.1. The first-order valence-corrected chi connectivity index (χ1v) is 11.4. The van der Waals surface area contributed by atoms with Gasteiger partial charge in [-0.15, -0.1) is 11.3 Å². The van der Waals surface area contributed by atoms with Crippen LogP contribution in [0.25, 0.3) is 10.9 Å². The fraction of sp³-hybridized carbons (Fsp3) is 0.348. The molecular formula is C23H26N2O3S2. The first-order chi connectivity index (χ1) is 14.1. The summed E-state index contributed by atoms with van der Waals surface area (Å²) in [4.78, 5) is 30.8. The molecule has 0 saturated heterocycles. The first-order valence-electron chi connectivity index (χ1n) is 9.66. The molecule has 1 amide bonds. The number of ether oxygens (including phenoxy) is 1. The molecule has 158 valence electrons. The molecule has 0 aliphatic heterocycles. The summed E-state index contributed by atoms with van der Waals surface area (Å²) in [6, 6.07) is 6.29. The number of hydrogen-bond donors (Lipinski definition) is 1. The molecule has 0 spiro atoms. The number of anilines is 1. The molecule has 0 aliphatic rings. The molecule has 1 unspecified atom stereocenters. The number of carbonyl (C=O) groups is 2. The van der Waals surface area contributed by atoms with E-state index in [1.807, 2.05) is 26.8 Å². The number of aromatic nitrogens is 1. The van der Waals surface area contributed by atoms with E-state index >= 15 is 0 Å². The van der Waals surface area contributed by atoms with E-state index in [-0.39, 0.29) is 11.2 Å². The third kappa shape index (κ3) is 4.37. The highest BCUT2D eigenvalue weighted by atomic mass is 32.2. The second kappa shape index (κ2) is 8.78. The number of pyridine rings is 1. The average molecular weight is 443 g/mol. The van der Waals surface area contributed by atoms with Crippen LogP contribution in [0.2, 0.25) is 0 Å². The predicted molar refractivity (Wildman–Crippen MR) is 125 cm³/mol. The largest absolute Gasteiger partial charge is 0.465 e. The summed E-state index contributed by atoms with van der Waals surface area (Å²) < 4.78 is 4.88. The van der Waals surface area contributed by atoms with Crippen LogP contribution in [0.1, 0.15) is 44.4 Å². The summed E-state index contributed by atoms with van der Waals surface area (Å²) in [5.74, 6) is -0.614. The zero-order valence-corrected chi connectivity index (χ0v) is 19.9. The van der Waals surface area contributed by atoms with Crippen molar-refractivity contribution >= 4 is 50.9 Å². The van der Waals surface area contributed by atoms with Gasteiger partial charge in [0.15, 0.2) is 0 Å². The number of aryl methyl sites for hydroxylation is 4. The smallest absolute Gasteiger partial charge is 0.341 e. The Labute approximate surface area is 185 Å². The molecule has 30 heavy (non-hydrogen) atoms. The quantitative estimate of drug-likeness (QED) is 0.403. The summed E-state index contributed by atoms with van der Waals surface area (Å²) in [7, 11) is 1.34. The highest BCUT2D eigenvalue weighted by Crippen LogP contribution is 2.34. The van der Waals surface area contributed by atoms with Crippen molar-refractivity contribution in [1.82, 2.24) is 4.98 Å². The molecule has 2 heterocycles. The third-order valence-corrected chi connectivity index (χ3v) is 7.25. The van der Waals surface area contributed by atoms with E-state index in [9.17, 15) is 9.59 Å². The second-order valence-electron chi connectivity index (χ2n) is 7.48. The summed E-state index contributed by atoms with van der Waals surface area (Å²) in [6.07, 6.45) is 0. The maximum atomic E-state index is 12.9. The fourth-order valence-electron chi connectivity index (χ4n) is 3.39. The van der Waals surface area contributed by atoms with E-state index in [0.29, 0.717) is 10.6 Å². The lowest BCUT2D eigenvalue weighted by molar-refractivity contribution is -0.115. The minimum absolute atomic E-state index is 0.174. The minimum atomic E-state index is -0.440. The molecule has 0 bridgehead atoms. The first kappa shape index (κ1) is 22.3. The Kier molecular flexibility index (Phi) is 6.53. The van der Waals surface area contributed by atoms with Gasteiger partial charge in [-0.05, 0) is 70.4 Å². The third-order valence-electron chi connectivity index (χ3n) is 5.11. The van der Waals surface area contributed by atoms with Gasteiger partial charge < -0.3 is 10.1 Å². The molecular weight excluding hydrogens is 416 g/mol. The van der Waals surface area contributed by atoms with Crippen LogP contribution in [0.5, 0.6) is 0 Å².